The van der Waals surface area contributed by atoms with Gasteiger partial charge in [-0.3, -0.25) is 4.79 Å². The highest BCUT2D eigenvalue weighted by molar-refractivity contribution is 5.80. The van der Waals surface area contributed by atoms with Gasteiger partial charge in [0.1, 0.15) is 0 Å². The number of aryl methyl sites for hydroxylation is 1. The highest BCUT2D eigenvalue weighted by atomic mass is 16.2. The van der Waals surface area contributed by atoms with Crippen LogP contribution in [0.4, 0.5) is 0 Å². The minimum Gasteiger partial charge on any atom is -0.331 e. The standard InChI is InChI=1S/C16H21N5O/c1-10-6-15-17-8-12-13-5-4-11(7-14(12)21(15)18-10)20(13)16(22)9-19(2)3/h6,8,11,13H,4-5,7,9H2,1-3H3/t11-,13-/m0/s1. The maximum Gasteiger partial charge on any atom is 0.237 e. The zero-order valence-corrected chi connectivity index (χ0v) is 13.3. The van der Waals surface area contributed by atoms with Crippen LogP contribution in [0.2, 0.25) is 0 Å². The first kappa shape index (κ1) is 13.7. The van der Waals surface area contributed by atoms with Gasteiger partial charge in [-0.2, -0.15) is 5.10 Å². The number of carbonyl (C=O) groups is 1. The van der Waals surface area contributed by atoms with Crippen molar-refractivity contribution >= 4 is 11.6 Å². The predicted octanol–water partition coefficient (Wildman–Crippen LogP) is 1.19. The number of likely N-dealkylation sites (N-methyl/N-ethyl adjacent to an activating group) is 1. The molecule has 0 spiro atoms. The highest BCUT2D eigenvalue weighted by Gasteiger charge is 2.43. The fraction of sp³-hybridized carbons (Fsp3) is 0.562. The molecule has 1 amide bonds. The van der Waals surface area contributed by atoms with E-state index in [4.69, 9.17) is 0 Å². The molecule has 0 aliphatic carbocycles. The van der Waals surface area contributed by atoms with Crippen molar-refractivity contribution in [1.29, 1.82) is 0 Å². The summed E-state index contributed by atoms with van der Waals surface area (Å²) in [7, 11) is 3.88. The lowest BCUT2D eigenvalue weighted by Crippen LogP contribution is -2.46. The fourth-order valence-electron chi connectivity index (χ4n) is 3.93. The van der Waals surface area contributed by atoms with Crippen LogP contribution in [0.3, 0.4) is 0 Å². The van der Waals surface area contributed by atoms with Crippen LogP contribution < -0.4 is 0 Å². The van der Waals surface area contributed by atoms with E-state index >= 15 is 0 Å². The number of rotatable bonds is 2. The lowest BCUT2D eigenvalue weighted by Gasteiger charge is -2.36. The topological polar surface area (TPSA) is 53.7 Å². The van der Waals surface area contributed by atoms with Gasteiger partial charge in [-0.05, 0) is 33.9 Å². The summed E-state index contributed by atoms with van der Waals surface area (Å²) < 4.78 is 1.98. The molecule has 1 saturated heterocycles. The molecule has 116 valence electrons. The molecule has 22 heavy (non-hydrogen) atoms. The van der Waals surface area contributed by atoms with Gasteiger partial charge in [0.2, 0.25) is 5.91 Å². The Balaban J connectivity index is 1.77. The first-order chi connectivity index (χ1) is 10.5. The van der Waals surface area contributed by atoms with E-state index < -0.39 is 0 Å². The zero-order valence-electron chi connectivity index (χ0n) is 13.3. The molecule has 6 nitrogen and oxygen atoms in total. The van der Waals surface area contributed by atoms with Crippen molar-refractivity contribution in [2.45, 2.75) is 38.3 Å². The molecular formula is C16H21N5O. The molecule has 2 aliphatic rings. The Morgan fingerprint density at radius 1 is 1.41 bits per heavy atom. The summed E-state index contributed by atoms with van der Waals surface area (Å²) in [4.78, 5) is 21.2. The van der Waals surface area contributed by atoms with E-state index in [0.29, 0.717) is 12.6 Å². The van der Waals surface area contributed by atoms with E-state index in [1.54, 1.807) is 0 Å². The van der Waals surface area contributed by atoms with Crippen molar-refractivity contribution in [2.24, 2.45) is 0 Å². The average molecular weight is 299 g/mol. The highest BCUT2D eigenvalue weighted by Crippen LogP contribution is 2.43. The SMILES string of the molecule is Cc1cc2ncc3c(n2n1)C[C@@H]1CC[C@@H]3N1C(=O)CN(C)C. The zero-order chi connectivity index (χ0) is 15.4. The van der Waals surface area contributed by atoms with Gasteiger partial charge < -0.3 is 9.80 Å². The normalized spacial score (nSPS) is 23.4. The average Bonchev–Trinajstić information content (AvgIpc) is 2.97. The lowest BCUT2D eigenvalue weighted by atomic mass is 9.99. The second-order valence-corrected chi connectivity index (χ2v) is 6.71. The quantitative estimate of drug-likeness (QED) is 0.836. The van der Waals surface area contributed by atoms with Crippen LogP contribution in [0.5, 0.6) is 0 Å². The van der Waals surface area contributed by atoms with Crippen molar-refractivity contribution in [1.82, 2.24) is 24.4 Å². The number of carbonyl (C=O) groups excluding carboxylic acids is 1. The molecule has 2 aliphatic heterocycles. The Morgan fingerprint density at radius 2 is 2.23 bits per heavy atom. The maximum atomic E-state index is 12.6. The number of nitrogens with zero attached hydrogens (tertiary/aromatic N) is 5. The number of amides is 1. The van der Waals surface area contributed by atoms with Crippen LogP contribution in [-0.2, 0) is 11.2 Å². The Morgan fingerprint density at radius 3 is 3.00 bits per heavy atom. The van der Waals surface area contributed by atoms with Crippen LogP contribution in [0.25, 0.3) is 5.65 Å². The molecule has 2 aromatic rings. The summed E-state index contributed by atoms with van der Waals surface area (Å²) in [5.41, 5.74) is 4.30. The number of aromatic nitrogens is 3. The second-order valence-electron chi connectivity index (χ2n) is 6.71. The first-order valence-electron chi connectivity index (χ1n) is 7.84. The van der Waals surface area contributed by atoms with Gasteiger partial charge in [0.05, 0.1) is 24.0 Å². The van der Waals surface area contributed by atoms with E-state index in [9.17, 15) is 4.79 Å². The van der Waals surface area contributed by atoms with Crippen molar-refractivity contribution in [3.8, 4) is 0 Å². The smallest absolute Gasteiger partial charge is 0.237 e. The minimum atomic E-state index is 0.169. The third-order valence-electron chi connectivity index (χ3n) is 4.77. The number of fused-ring (bicyclic) bond motifs is 6. The van der Waals surface area contributed by atoms with Gasteiger partial charge in [0.15, 0.2) is 5.65 Å². The van der Waals surface area contributed by atoms with E-state index in [2.05, 4.69) is 15.0 Å². The molecule has 0 unspecified atom stereocenters. The predicted molar refractivity (Wildman–Crippen MR) is 82.6 cm³/mol. The first-order valence-corrected chi connectivity index (χ1v) is 7.84. The van der Waals surface area contributed by atoms with Crippen LogP contribution in [0.1, 0.15) is 35.8 Å². The van der Waals surface area contributed by atoms with Gasteiger partial charge in [-0.1, -0.05) is 0 Å². The van der Waals surface area contributed by atoms with E-state index in [0.717, 1.165) is 30.6 Å². The molecular weight excluding hydrogens is 278 g/mol. The number of hydrogen-bond acceptors (Lipinski definition) is 4. The van der Waals surface area contributed by atoms with Crippen LogP contribution in [0, 0.1) is 6.92 Å². The van der Waals surface area contributed by atoms with Crippen molar-refractivity contribution in [3.05, 3.63) is 29.2 Å². The Bertz CT molecular complexity index is 750. The van der Waals surface area contributed by atoms with E-state index in [1.165, 1.54) is 11.3 Å². The molecule has 4 rings (SSSR count). The van der Waals surface area contributed by atoms with E-state index in [1.807, 2.05) is 42.7 Å². The summed E-state index contributed by atoms with van der Waals surface area (Å²) in [5.74, 6) is 0.222. The number of hydrogen-bond donors (Lipinski definition) is 0. The van der Waals surface area contributed by atoms with Crippen molar-refractivity contribution in [3.63, 3.8) is 0 Å². The van der Waals surface area contributed by atoms with Gasteiger partial charge in [0.25, 0.3) is 0 Å². The molecule has 0 N–H and O–H groups in total. The van der Waals surface area contributed by atoms with E-state index in [-0.39, 0.29) is 11.9 Å². The summed E-state index contributed by atoms with van der Waals surface area (Å²) in [6.07, 6.45) is 4.93. The second kappa shape index (κ2) is 4.78. The fourth-order valence-corrected chi connectivity index (χ4v) is 3.93. The summed E-state index contributed by atoms with van der Waals surface area (Å²) >= 11 is 0. The molecule has 2 aromatic heterocycles. The molecule has 2 bridgehead atoms. The van der Waals surface area contributed by atoms with Gasteiger partial charge >= 0.3 is 0 Å². The molecule has 1 fully saturated rings. The van der Waals surface area contributed by atoms with Crippen LogP contribution in [0.15, 0.2) is 12.3 Å². The Labute approximate surface area is 129 Å². The van der Waals surface area contributed by atoms with Crippen molar-refractivity contribution < 1.29 is 4.79 Å². The maximum absolute atomic E-state index is 12.6. The molecule has 0 aromatic carbocycles. The van der Waals surface area contributed by atoms with Gasteiger partial charge in [-0.15, -0.1) is 0 Å². The van der Waals surface area contributed by atoms with Crippen LogP contribution >= 0.6 is 0 Å². The summed E-state index contributed by atoms with van der Waals surface area (Å²) in [6, 6.07) is 2.48. The molecule has 6 heteroatoms. The largest absolute Gasteiger partial charge is 0.331 e. The minimum absolute atomic E-state index is 0.169. The summed E-state index contributed by atoms with van der Waals surface area (Å²) in [5, 5.41) is 4.58. The molecule has 2 atom stereocenters. The third-order valence-corrected chi connectivity index (χ3v) is 4.77. The summed E-state index contributed by atoms with van der Waals surface area (Å²) in [6.45, 7) is 2.46. The lowest BCUT2D eigenvalue weighted by molar-refractivity contribution is -0.135. The molecule has 0 saturated carbocycles. The van der Waals surface area contributed by atoms with Crippen molar-refractivity contribution in [2.75, 3.05) is 20.6 Å². The third kappa shape index (κ3) is 1.94. The Hall–Kier alpha value is -1.95. The van der Waals surface area contributed by atoms with Gasteiger partial charge in [-0.25, -0.2) is 9.50 Å². The molecule has 0 radical (unpaired) electrons. The monoisotopic (exact) mass is 299 g/mol. The van der Waals surface area contributed by atoms with Gasteiger partial charge in [0, 0.05) is 30.3 Å². The molecule has 4 heterocycles. The van der Waals surface area contributed by atoms with Crippen LogP contribution in [-0.4, -0.2) is 57.0 Å². The Kier molecular flexibility index (Phi) is 2.97.